The molecule has 100 valence electrons. The number of hydrogen-bond acceptors (Lipinski definition) is 2. The summed E-state index contributed by atoms with van der Waals surface area (Å²) in [5.74, 6) is -0.815. The minimum absolute atomic E-state index is 0.0117. The largest absolute Gasteiger partial charge is 0.416 e. The van der Waals surface area contributed by atoms with E-state index in [1.54, 1.807) is 0 Å². The van der Waals surface area contributed by atoms with Crippen LogP contribution in [0, 0.1) is 5.82 Å². The summed E-state index contributed by atoms with van der Waals surface area (Å²) in [6.07, 6.45) is -3.26. The third-order valence-corrected chi connectivity index (χ3v) is 2.60. The van der Waals surface area contributed by atoms with E-state index in [0.29, 0.717) is 0 Å². The van der Waals surface area contributed by atoms with E-state index in [9.17, 15) is 17.6 Å². The van der Waals surface area contributed by atoms with E-state index in [1.165, 1.54) is 24.4 Å². The lowest BCUT2D eigenvalue weighted by atomic mass is 10.1. The van der Waals surface area contributed by atoms with Crippen LogP contribution in [0.1, 0.15) is 11.1 Å². The average molecular weight is 271 g/mol. The Labute approximate surface area is 106 Å². The number of nitrogens with zero attached hydrogens (tertiary/aromatic N) is 1. The van der Waals surface area contributed by atoms with E-state index in [-0.39, 0.29) is 16.8 Å². The summed E-state index contributed by atoms with van der Waals surface area (Å²) in [7, 11) is 0. The second-order valence-electron chi connectivity index (χ2n) is 3.87. The van der Waals surface area contributed by atoms with Gasteiger partial charge < -0.3 is 5.11 Å². The molecule has 0 saturated heterocycles. The first-order valence-electron chi connectivity index (χ1n) is 5.35. The first kappa shape index (κ1) is 13.5. The molecule has 1 heterocycles. The van der Waals surface area contributed by atoms with Gasteiger partial charge in [0.05, 0.1) is 12.2 Å². The third-order valence-electron chi connectivity index (χ3n) is 2.60. The zero-order valence-corrected chi connectivity index (χ0v) is 9.58. The Bertz CT molecular complexity index is 595. The first-order valence-corrected chi connectivity index (χ1v) is 5.35. The highest BCUT2D eigenvalue weighted by Crippen LogP contribution is 2.32. The number of aliphatic hydroxyl groups excluding tert-OH is 1. The molecule has 1 aromatic carbocycles. The van der Waals surface area contributed by atoms with Crippen molar-refractivity contribution in [3.05, 3.63) is 53.5 Å². The summed E-state index contributed by atoms with van der Waals surface area (Å²) >= 11 is 0. The zero-order chi connectivity index (χ0) is 14.0. The molecule has 1 aromatic heterocycles. The maximum atomic E-state index is 13.9. The predicted octanol–water partition coefficient (Wildman–Crippen LogP) is 3.40. The van der Waals surface area contributed by atoms with Crippen LogP contribution in [-0.4, -0.2) is 10.1 Å². The molecular weight excluding hydrogens is 262 g/mol. The van der Waals surface area contributed by atoms with E-state index in [2.05, 4.69) is 4.98 Å². The van der Waals surface area contributed by atoms with Crippen LogP contribution < -0.4 is 0 Å². The molecule has 0 aliphatic rings. The molecule has 0 aliphatic heterocycles. The number of hydrogen-bond donors (Lipinski definition) is 1. The minimum atomic E-state index is -4.50. The van der Waals surface area contributed by atoms with Crippen molar-refractivity contribution in [2.24, 2.45) is 0 Å². The molecule has 0 radical (unpaired) electrons. The molecule has 0 fully saturated rings. The van der Waals surface area contributed by atoms with E-state index < -0.39 is 24.2 Å². The highest BCUT2D eigenvalue weighted by Gasteiger charge is 2.30. The summed E-state index contributed by atoms with van der Waals surface area (Å²) in [6, 6.07) is 5.52. The molecule has 0 aliphatic carbocycles. The lowest BCUT2D eigenvalue weighted by Crippen LogP contribution is -2.05. The Hall–Kier alpha value is -1.95. The summed E-state index contributed by atoms with van der Waals surface area (Å²) in [5, 5.41) is 8.93. The summed E-state index contributed by atoms with van der Waals surface area (Å²) in [4.78, 5) is 3.73. The lowest BCUT2D eigenvalue weighted by Gasteiger charge is -2.10. The van der Waals surface area contributed by atoms with Crippen LogP contribution in [0.25, 0.3) is 11.3 Å². The van der Waals surface area contributed by atoms with E-state index in [1.807, 2.05) is 0 Å². The second kappa shape index (κ2) is 4.97. The van der Waals surface area contributed by atoms with Gasteiger partial charge in [0.1, 0.15) is 5.69 Å². The van der Waals surface area contributed by atoms with E-state index in [4.69, 9.17) is 5.11 Å². The zero-order valence-electron chi connectivity index (χ0n) is 9.58. The second-order valence-corrected chi connectivity index (χ2v) is 3.87. The fraction of sp³-hybridized carbons (Fsp3) is 0.154. The van der Waals surface area contributed by atoms with Crippen molar-refractivity contribution in [1.29, 1.82) is 0 Å². The van der Waals surface area contributed by atoms with Gasteiger partial charge in [-0.3, -0.25) is 4.98 Å². The van der Waals surface area contributed by atoms with Crippen LogP contribution in [0.2, 0.25) is 0 Å². The van der Waals surface area contributed by atoms with Crippen LogP contribution in [0.4, 0.5) is 17.6 Å². The number of pyridine rings is 1. The van der Waals surface area contributed by atoms with Gasteiger partial charge in [0, 0.05) is 17.3 Å². The van der Waals surface area contributed by atoms with E-state index in [0.717, 1.165) is 12.1 Å². The summed E-state index contributed by atoms with van der Waals surface area (Å²) < 4.78 is 51.6. The van der Waals surface area contributed by atoms with Crippen LogP contribution in [-0.2, 0) is 12.8 Å². The van der Waals surface area contributed by atoms with Crippen molar-refractivity contribution in [2.45, 2.75) is 12.8 Å². The number of aromatic nitrogens is 1. The molecule has 0 amide bonds. The van der Waals surface area contributed by atoms with Crippen molar-refractivity contribution in [3.8, 4) is 11.3 Å². The number of benzene rings is 1. The molecule has 2 rings (SSSR count). The molecule has 2 nitrogen and oxygen atoms in total. The van der Waals surface area contributed by atoms with E-state index >= 15 is 0 Å². The Morgan fingerprint density at radius 2 is 1.89 bits per heavy atom. The Balaban J connectivity index is 2.54. The maximum Gasteiger partial charge on any atom is 0.416 e. The highest BCUT2D eigenvalue weighted by atomic mass is 19.4. The van der Waals surface area contributed by atoms with Gasteiger partial charge in [-0.05, 0) is 18.2 Å². The smallest absolute Gasteiger partial charge is 0.392 e. The van der Waals surface area contributed by atoms with Crippen LogP contribution >= 0.6 is 0 Å². The summed E-state index contributed by atoms with van der Waals surface area (Å²) in [5.41, 5.74) is -1.08. The fourth-order valence-corrected chi connectivity index (χ4v) is 1.65. The van der Waals surface area contributed by atoms with Gasteiger partial charge in [0.2, 0.25) is 0 Å². The van der Waals surface area contributed by atoms with Gasteiger partial charge in [0.25, 0.3) is 0 Å². The van der Waals surface area contributed by atoms with Gasteiger partial charge >= 0.3 is 6.18 Å². The number of halogens is 4. The topological polar surface area (TPSA) is 33.1 Å². The quantitative estimate of drug-likeness (QED) is 0.849. The number of aliphatic hydroxyl groups is 1. The molecule has 1 N–H and O–H groups in total. The maximum absolute atomic E-state index is 13.9. The van der Waals surface area contributed by atoms with Gasteiger partial charge in [-0.25, -0.2) is 4.39 Å². The molecule has 0 spiro atoms. The molecule has 0 atom stereocenters. The molecule has 0 bridgehead atoms. The molecule has 0 saturated carbocycles. The Morgan fingerprint density at radius 1 is 1.16 bits per heavy atom. The molecule has 0 unspecified atom stereocenters. The molecular formula is C13H9F4NO. The predicted molar refractivity (Wildman–Crippen MR) is 60.6 cm³/mol. The Kier molecular flexibility index (Phi) is 3.53. The van der Waals surface area contributed by atoms with Gasteiger partial charge in [-0.2, -0.15) is 13.2 Å². The standard InChI is InChI=1S/C13H9F4NO/c14-11-9(7-19)4-5-18-12(11)8-2-1-3-10(6-8)13(15,16)17/h1-6,19H,7H2. The number of alkyl halides is 3. The molecule has 6 heteroatoms. The van der Waals surface area contributed by atoms with Gasteiger partial charge in [-0.15, -0.1) is 0 Å². The number of rotatable bonds is 2. The van der Waals surface area contributed by atoms with Crippen molar-refractivity contribution in [3.63, 3.8) is 0 Å². The first-order chi connectivity index (χ1) is 8.93. The van der Waals surface area contributed by atoms with Crippen LogP contribution in [0.5, 0.6) is 0 Å². The van der Waals surface area contributed by atoms with Crippen LogP contribution in [0.3, 0.4) is 0 Å². The summed E-state index contributed by atoms with van der Waals surface area (Å²) in [6.45, 7) is -0.541. The Morgan fingerprint density at radius 3 is 2.53 bits per heavy atom. The third kappa shape index (κ3) is 2.73. The van der Waals surface area contributed by atoms with Crippen molar-refractivity contribution in [1.82, 2.24) is 4.98 Å². The SMILES string of the molecule is OCc1ccnc(-c2cccc(C(F)(F)F)c2)c1F. The average Bonchev–Trinajstić information content (AvgIpc) is 2.38. The monoisotopic (exact) mass is 271 g/mol. The van der Waals surface area contributed by atoms with Crippen molar-refractivity contribution < 1.29 is 22.7 Å². The van der Waals surface area contributed by atoms with Crippen molar-refractivity contribution in [2.75, 3.05) is 0 Å². The lowest BCUT2D eigenvalue weighted by molar-refractivity contribution is -0.137. The highest BCUT2D eigenvalue weighted by molar-refractivity contribution is 5.61. The molecule has 19 heavy (non-hydrogen) atoms. The van der Waals surface area contributed by atoms with Gasteiger partial charge in [-0.1, -0.05) is 12.1 Å². The fourth-order valence-electron chi connectivity index (χ4n) is 1.65. The van der Waals surface area contributed by atoms with Gasteiger partial charge in [0.15, 0.2) is 5.82 Å². The molecule has 2 aromatic rings. The normalized spacial score (nSPS) is 11.6. The minimum Gasteiger partial charge on any atom is -0.392 e. The van der Waals surface area contributed by atoms with Crippen molar-refractivity contribution >= 4 is 0 Å². The van der Waals surface area contributed by atoms with Crippen LogP contribution in [0.15, 0.2) is 36.5 Å².